The van der Waals surface area contributed by atoms with Crippen molar-refractivity contribution >= 4 is 5.69 Å². The Balaban J connectivity index is 2.52. The third-order valence-corrected chi connectivity index (χ3v) is 2.50. The van der Waals surface area contributed by atoms with Crippen molar-refractivity contribution in [3.63, 3.8) is 0 Å². The molecule has 0 fully saturated rings. The highest BCUT2D eigenvalue weighted by molar-refractivity contribution is 5.70. The number of hydrogen-bond donors (Lipinski definition) is 1. The van der Waals surface area contributed by atoms with Gasteiger partial charge in [0.15, 0.2) is 5.75 Å². The van der Waals surface area contributed by atoms with Crippen LogP contribution in [0.1, 0.15) is 5.56 Å². The van der Waals surface area contributed by atoms with E-state index in [9.17, 15) is 15.2 Å². The standard InChI is InChI=1S/C12H10N2O3/c1-8-7-13-5-4-10(8)9-2-3-11(14(16)17)12(15)6-9/h2-7,15H,1H3. The molecule has 0 bridgehead atoms. The molecule has 1 N–H and O–H groups in total. The number of rotatable bonds is 2. The first-order valence-corrected chi connectivity index (χ1v) is 4.98. The molecule has 0 aliphatic rings. The van der Waals surface area contributed by atoms with Gasteiger partial charge in [0.2, 0.25) is 0 Å². The van der Waals surface area contributed by atoms with E-state index in [1.807, 2.05) is 6.92 Å². The summed E-state index contributed by atoms with van der Waals surface area (Å²) in [4.78, 5) is 13.9. The topological polar surface area (TPSA) is 76.3 Å². The van der Waals surface area contributed by atoms with Crippen molar-refractivity contribution < 1.29 is 10.0 Å². The number of phenolic OH excluding ortho intramolecular Hbond substituents is 1. The Morgan fingerprint density at radius 3 is 2.71 bits per heavy atom. The summed E-state index contributed by atoms with van der Waals surface area (Å²) >= 11 is 0. The maximum Gasteiger partial charge on any atom is 0.310 e. The first-order valence-electron chi connectivity index (χ1n) is 4.98. The van der Waals surface area contributed by atoms with Crippen LogP contribution in [-0.2, 0) is 0 Å². The first kappa shape index (κ1) is 11.1. The second kappa shape index (κ2) is 4.21. The van der Waals surface area contributed by atoms with Crippen molar-refractivity contribution in [2.75, 3.05) is 0 Å². The lowest BCUT2D eigenvalue weighted by molar-refractivity contribution is -0.385. The van der Waals surface area contributed by atoms with E-state index in [0.717, 1.165) is 16.7 Å². The lowest BCUT2D eigenvalue weighted by atomic mass is 10.0. The third kappa shape index (κ3) is 2.08. The van der Waals surface area contributed by atoms with Crippen LogP contribution in [0.3, 0.4) is 0 Å². The number of nitro groups is 1. The second-order valence-corrected chi connectivity index (χ2v) is 3.65. The summed E-state index contributed by atoms with van der Waals surface area (Å²) < 4.78 is 0. The van der Waals surface area contributed by atoms with Crippen LogP contribution in [0.4, 0.5) is 5.69 Å². The molecule has 5 heteroatoms. The Kier molecular flexibility index (Phi) is 2.74. The number of aryl methyl sites for hydroxylation is 1. The van der Waals surface area contributed by atoms with Gasteiger partial charge in [-0.2, -0.15) is 0 Å². The number of aromatic nitrogens is 1. The van der Waals surface area contributed by atoms with E-state index in [1.165, 1.54) is 12.1 Å². The number of nitro benzene ring substituents is 1. The van der Waals surface area contributed by atoms with Crippen molar-refractivity contribution in [1.82, 2.24) is 4.98 Å². The molecule has 0 spiro atoms. The van der Waals surface area contributed by atoms with Crippen LogP contribution in [0.5, 0.6) is 5.75 Å². The van der Waals surface area contributed by atoms with Crippen LogP contribution < -0.4 is 0 Å². The van der Waals surface area contributed by atoms with Crippen molar-refractivity contribution in [3.8, 4) is 16.9 Å². The predicted octanol–water partition coefficient (Wildman–Crippen LogP) is 2.67. The molecule has 0 atom stereocenters. The number of benzene rings is 1. The Morgan fingerprint density at radius 1 is 1.35 bits per heavy atom. The Bertz CT molecular complexity index is 582. The maximum absolute atomic E-state index is 10.6. The van der Waals surface area contributed by atoms with Gasteiger partial charge >= 0.3 is 5.69 Å². The van der Waals surface area contributed by atoms with Gasteiger partial charge in [0.05, 0.1) is 4.92 Å². The molecule has 1 aromatic carbocycles. The lowest BCUT2D eigenvalue weighted by Crippen LogP contribution is -1.90. The van der Waals surface area contributed by atoms with E-state index in [2.05, 4.69) is 4.98 Å². The quantitative estimate of drug-likeness (QED) is 0.635. The number of aromatic hydroxyl groups is 1. The van der Waals surface area contributed by atoms with Crippen LogP contribution in [0, 0.1) is 17.0 Å². The molecule has 0 unspecified atom stereocenters. The zero-order chi connectivity index (χ0) is 12.4. The molecule has 5 nitrogen and oxygen atoms in total. The smallest absolute Gasteiger partial charge is 0.310 e. The molecular weight excluding hydrogens is 220 g/mol. The fourth-order valence-electron chi connectivity index (χ4n) is 1.64. The summed E-state index contributed by atoms with van der Waals surface area (Å²) in [6.07, 6.45) is 3.34. The molecule has 1 heterocycles. The monoisotopic (exact) mass is 230 g/mol. The Labute approximate surface area is 97.5 Å². The third-order valence-electron chi connectivity index (χ3n) is 2.50. The molecule has 0 aliphatic heterocycles. The normalized spacial score (nSPS) is 10.2. The molecular formula is C12H10N2O3. The van der Waals surface area contributed by atoms with Crippen LogP contribution >= 0.6 is 0 Å². The highest BCUT2D eigenvalue weighted by atomic mass is 16.6. The van der Waals surface area contributed by atoms with Crippen LogP contribution in [0.2, 0.25) is 0 Å². The molecule has 0 saturated carbocycles. The molecule has 0 radical (unpaired) electrons. The van der Waals surface area contributed by atoms with E-state index in [4.69, 9.17) is 0 Å². The molecule has 2 rings (SSSR count). The molecule has 86 valence electrons. The Morgan fingerprint density at radius 2 is 2.12 bits per heavy atom. The number of hydrogen-bond acceptors (Lipinski definition) is 4. The lowest BCUT2D eigenvalue weighted by Gasteiger charge is -2.05. The van der Waals surface area contributed by atoms with Gasteiger partial charge in [0.1, 0.15) is 0 Å². The summed E-state index contributed by atoms with van der Waals surface area (Å²) in [6, 6.07) is 6.10. The zero-order valence-electron chi connectivity index (χ0n) is 9.12. The molecule has 0 aliphatic carbocycles. The van der Waals surface area contributed by atoms with Crippen molar-refractivity contribution in [3.05, 3.63) is 52.3 Å². The van der Waals surface area contributed by atoms with Gasteiger partial charge in [0.25, 0.3) is 0 Å². The molecule has 0 amide bonds. The summed E-state index contributed by atoms with van der Waals surface area (Å²) in [5.41, 5.74) is 2.28. The summed E-state index contributed by atoms with van der Waals surface area (Å²) in [5.74, 6) is -0.330. The summed E-state index contributed by atoms with van der Waals surface area (Å²) in [7, 11) is 0. The van der Waals surface area contributed by atoms with Gasteiger partial charge < -0.3 is 5.11 Å². The fourth-order valence-corrected chi connectivity index (χ4v) is 1.64. The minimum absolute atomic E-state index is 0.291. The van der Waals surface area contributed by atoms with Gasteiger partial charge in [-0.05, 0) is 41.8 Å². The minimum Gasteiger partial charge on any atom is -0.502 e. The highest BCUT2D eigenvalue weighted by Crippen LogP contribution is 2.32. The predicted molar refractivity (Wildman–Crippen MR) is 62.7 cm³/mol. The van der Waals surface area contributed by atoms with Crippen LogP contribution in [0.25, 0.3) is 11.1 Å². The maximum atomic E-state index is 10.6. The number of phenols is 1. The van der Waals surface area contributed by atoms with E-state index in [1.54, 1.807) is 24.5 Å². The number of pyridine rings is 1. The van der Waals surface area contributed by atoms with E-state index < -0.39 is 4.92 Å². The van der Waals surface area contributed by atoms with Gasteiger partial charge in [-0.25, -0.2) is 0 Å². The first-order chi connectivity index (χ1) is 8.09. The van der Waals surface area contributed by atoms with E-state index in [0.29, 0.717) is 0 Å². The number of nitrogens with zero attached hydrogens (tertiary/aromatic N) is 2. The molecule has 1 aromatic heterocycles. The van der Waals surface area contributed by atoms with Gasteiger partial charge in [0, 0.05) is 18.5 Å². The van der Waals surface area contributed by atoms with Crippen LogP contribution in [0.15, 0.2) is 36.7 Å². The van der Waals surface area contributed by atoms with E-state index >= 15 is 0 Å². The zero-order valence-corrected chi connectivity index (χ0v) is 9.12. The SMILES string of the molecule is Cc1cnccc1-c1ccc([N+](=O)[O-])c(O)c1. The van der Waals surface area contributed by atoms with Crippen molar-refractivity contribution in [2.45, 2.75) is 6.92 Å². The van der Waals surface area contributed by atoms with Gasteiger partial charge in [-0.1, -0.05) is 0 Å². The van der Waals surface area contributed by atoms with E-state index in [-0.39, 0.29) is 11.4 Å². The van der Waals surface area contributed by atoms with Gasteiger partial charge in [-0.3, -0.25) is 15.1 Å². The average Bonchev–Trinajstić information content (AvgIpc) is 2.29. The van der Waals surface area contributed by atoms with Crippen molar-refractivity contribution in [2.24, 2.45) is 0 Å². The van der Waals surface area contributed by atoms with Crippen molar-refractivity contribution in [1.29, 1.82) is 0 Å². The molecule has 0 saturated heterocycles. The minimum atomic E-state index is -0.613. The molecule has 17 heavy (non-hydrogen) atoms. The largest absolute Gasteiger partial charge is 0.502 e. The highest BCUT2D eigenvalue weighted by Gasteiger charge is 2.14. The Hall–Kier alpha value is -2.43. The van der Waals surface area contributed by atoms with Crippen LogP contribution in [-0.4, -0.2) is 15.0 Å². The fraction of sp³-hybridized carbons (Fsp3) is 0.0833. The summed E-state index contributed by atoms with van der Waals surface area (Å²) in [6.45, 7) is 1.89. The van der Waals surface area contributed by atoms with Gasteiger partial charge in [-0.15, -0.1) is 0 Å². The summed E-state index contributed by atoms with van der Waals surface area (Å²) in [5, 5.41) is 20.1. The molecule has 2 aromatic rings. The average molecular weight is 230 g/mol. The second-order valence-electron chi connectivity index (χ2n) is 3.65.